The summed E-state index contributed by atoms with van der Waals surface area (Å²) in [6, 6.07) is 14.0. The van der Waals surface area contributed by atoms with Crippen molar-refractivity contribution >= 4 is 11.8 Å². The third-order valence-corrected chi connectivity index (χ3v) is 3.39. The number of rotatable bonds is 3. The zero-order valence-electron chi connectivity index (χ0n) is 14.1. The predicted molar refractivity (Wildman–Crippen MR) is 94.1 cm³/mol. The molecule has 0 spiro atoms. The highest BCUT2D eigenvalue weighted by atomic mass is 16.6. The minimum Gasteiger partial charge on any atom is -0.444 e. The Kier molecular flexibility index (Phi) is 4.94. The van der Waals surface area contributed by atoms with Gasteiger partial charge in [-0.2, -0.15) is 0 Å². The van der Waals surface area contributed by atoms with Crippen molar-refractivity contribution in [3.63, 3.8) is 0 Å². The zero-order valence-corrected chi connectivity index (χ0v) is 14.1. The number of hydrogen-bond donors (Lipinski definition) is 2. The van der Waals surface area contributed by atoms with Crippen molar-refractivity contribution in [1.82, 2.24) is 5.32 Å². The minimum atomic E-state index is -0.502. The van der Waals surface area contributed by atoms with Gasteiger partial charge in [-0.3, -0.25) is 0 Å². The molecule has 2 aromatic carbocycles. The van der Waals surface area contributed by atoms with Gasteiger partial charge in [0, 0.05) is 17.8 Å². The molecule has 0 atom stereocenters. The van der Waals surface area contributed by atoms with Crippen LogP contribution in [0.4, 0.5) is 10.5 Å². The van der Waals surface area contributed by atoms with Crippen molar-refractivity contribution in [2.75, 3.05) is 5.73 Å². The second kappa shape index (κ2) is 6.73. The van der Waals surface area contributed by atoms with Gasteiger partial charge in [0.2, 0.25) is 0 Å². The van der Waals surface area contributed by atoms with E-state index in [0.29, 0.717) is 12.2 Å². The minimum absolute atomic E-state index is 0.382. The van der Waals surface area contributed by atoms with Gasteiger partial charge in [-0.25, -0.2) is 4.79 Å². The highest BCUT2D eigenvalue weighted by Gasteiger charge is 2.15. The van der Waals surface area contributed by atoms with E-state index in [1.54, 1.807) is 0 Å². The topological polar surface area (TPSA) is 64.3 Å². The Balaban J connectivity index is 2.08. The molecule has 0 saturated heterocycles. The smallest absolute Gasteiger partial charge is 0.407 e. The van der Waals surface area contributed by atoms with Crippen LogP contribution in [0.5, 0.6) is 0 Å². The predicted octanol–water partition coefficient (Wildman–Crippen LogP) is 4.27. The van der Waals surface area contributed by atoms with Gasteiger partial charge in [0.25, 0.3) is 0 Å². The number of carbonyl (C=O) groups excluding carboxylic acids is 1. The molecule has 0 heterocycles. The molecule has 0 bridgehead atoms. The van der Waals surface area contributed by atoms with E-state index in [4.69, 9.17) is 10.5 Å². The van der Waals surface area contributed by atoms with Crippen LogP contribution in [0.2, 0.25) is 0 Å². The van der Waals surface area contributed by atoms with E-state index in [1.807, 2.05) is 51.1 Å². The van der Waals surface area contributed by atoms with Crippen molar-refractivity contribution in [2.45, 2.75) is 39.8 Å². The summed E-state index contributed by atoms with van der Waals surface area (Å²) in [6.07, 6.45) is -0.431. The molecule has 4 nitrogen and oxygen atoms in total. The van der Waals surface area contributed by atoms with E-state index >= 15 is 0 Å². The summed E-state index contributed by atoms with van der Waals surface area (Å²) in [5, 5.41) is 2.74. The van der Waals surface area contributed by atoms with Crippen LogP contribution >= 0.6 is 0 Å². The summed E-state index contributed by atoms with van der Waals surface area (Å²) in [6.45, 7) is 7.95. The molecule has 122 valence electrons. The fraction of sp³-hybridized carbons (Fsp3) is 0.316. The summed E-state index contributed by atoms with van der Waals surface area (Å²) in [5.41, 5.74) is 10.6. The Bertz CT molecular complexity index is 703. The van der Waals surface area contributed by atoms with E-state index in [1.165, 1.54) is 5.56 Å². The Morgan fingerprint density at radius 3 is 2.43 bits per heavy atom. The summed E-state index contributed by atoms with van der Waals surface area (Å²) in [7, 11) is 0. The number of alkyl carbamates (subject to hydrolysis) is 1. The molecule has 2 rings (SSSR count). The molecule has 1 amide bonds. The summed E-state index contributed by atoms with van der Waals surface area (Å²) < 4.78 is 5.22. The van der Waals surface area contributed by atoms with Crippen molar-refractivity contribution in [3.05, 3.63) is 53.6 Å². The lowest BCUT2D eigenvalue weighted by Crippen LogP contribution is -2.32. The molecule has 0 unspecified atom stereocenters. The first-order valence-corrected chi connectivity index (χ1v) is 7.67. The van der Waals surface area contributed by atoms with Gasteiger partial charge in [-0.15, -0.1) is 0 Å². The number of nitrogen functional groups attached to an aromatic ring is 1. The van der Waals surface area contributed by atoms with Gasteiger partial charge in [0.05, 0.1) is 0 Å². The number of nitrogens with one attached hydrogen (secondary N) is 1. The average molecular weight is 312 g/mol. The molecular weight excluding hydrogens is 288 g/mol. The maximum absolute atomic E-state index is 11.7. The molecule has 2 aromatic rings. The van der Waals surface area contributed by atoms with Crippen LogP contribution in [0.25, 0.3) is 11.1 Å². The van der Waals surface area contributed by atoms with Gasteiger partial charge < -0.3 is 15.8 Å². The van der Waals surface area contributed by atoms with Gasteiger partial charge in [0.1, 0.15) is 5.60 Å². The number of hydrogen-bond acceptors (Lipinski definition) is 3. The first-order valence-electron chi connectivity index (χ1n) is 7.67. The highest BCUT2D eigenvalue weighted by Crippen LogP contribution is 2.29. The van der Waals surface area contributed by atoms with Gasteiger partial charge in [-0.1, -0.05) is 36.4 Å². The molecule has 0 saturated carbocycles. The van der Waals surface area contributed by atoms with E-state index in [-0.39, 0.29) is 0 Å². The largest absolute Gasteiger partial charge is 0.444 e. The number of carbonyl (C=O) groups is 1. The molecule has 0 aliphatic carbocycles. The maximum atomic E-state index is 11.7. The highest BCUT2D eigenvalue weighted by molar-refractivity contribution is 5.79. The number of nitrogens with two attached hydrogens (primary N) is 1. The zero-order chi connectivity index (χ0) is 17.0. The van der Waals surface area contributed by atoms with Gasteiger partial charge in [-0.05, 0) is 50.5 Å². The molecule has 23 heavy (non-hydrogen) atoms. The van der Waals surface area contributed by atoms with Crippen LogP contribution < -0.4 is 11.1 Å². The number of amides is 1. The van der Waals surface area contributed by atoms with Crippen LogP contribution in [0.1, 0.15) is 31.9 Å². The van der Waals surface area contributed by atoms with Crippen LogP contribution in [-0.2, 0) is 11.3 Å². The fourth-order valence-electron chi connectivity index (χ4n) is 2.33. The van der Waals surface area contributed by atoms with Crippen molar-refractivity contribution in [1.29, 1.82) is 0 Å². The monoisotopic (exact) mass is 312 g/mol. The lowest BCUT2D eigenvalue weighted by molar-refractivity contribution is 0.0523. The fourth-order valence-corrected chi connectivity index (χ4v) is 2.33. The SMILES string of the molecule is Cc1ccccc1-c1ccc(CNC(=O)OC(C)(C)C)cc1N. The second-order valence-electron chi connectivity index (χ2n) is 6.59. The first kappa shape index (κ1) is 16.9. The van der Waals surface area contributed by atoms with Crippen molar-refractivity contribution < 1.29 is 9.53 Å². The van der Waals surface area contributed by atoms with Crippen LogP contribution in [0.3, 0.4) is 0 Å². The molecule has 3 N–H and O–H groups in total. The number of anilines is 1. The molecule has 0 radical (unpaired) electrons. The average Bonchev–Trinajstić information content (AvgIpc) is 2.44. The first-order chi connectivity index (χ1) is 10.8. The Labute approximate surface area is 137 Å². The lowest BCUT2D eigenvalue weighted by Gasteiger charge is -2.19. The van der Waals surface area contributed by atoms with E-state index in [9.17, 15) is 4.79 Å². The Morgan fingerprint density at radius 1 is 1.13 bits per heavy atom. The summed E-state index contributed by atoms with van der Waals surface area (Å²) >= 11 is 0. The van der Waals surface area contributed by atoms with Gasteiger partial charge in [0.15, 0.2) is 0 Å². The standard InChI is InChI=1S/C19H24N2O2/c1-13-7-5-6-8-15(13)16-10-9-14(11-17(16)20)12-21-18(22)23-19(2,3)4/h5-11H,12,20H2,1-4H3,(H,21,22). The van der Waals surface area contributed by atoms with Gasteiger partial charge >= 0.3 is 6.09 Å². The van der Waals surface area contributed by atoms with Crippen molar-refractivity contribution in [2.24, 2.45) is 0 Å². The number of ether oxygens (including phenoxy) is 1. The Morgan fingerprint density at radius 2 is 1.83 bits per heavy atom. The summed E-state index contributed by atoms with van der Waals surface area (Å²) in [4.78, 5) is 11.7. The maximum Gasteiger partial charge on any atom is 0.407 e. The van der Waals surface area contributed by atoms with E-state index in [2.05, 4.69) is 24.4 Å². The quantitative estimate of drug-likeness (QED) is 0.832. The van der Waals surface area contributed by atoms with Crippen LogP contribution in [0, 0.1) is 6.92 Å². The molecule has 0 fully saturated rings. The van der Waals surface area contributed by atoms with Crippen molar-refractivity contribution in [3.8, 4) is 11.1 Å². The number of benzene rings is 2. The number of aryl methyl sites for hydroxylation is 1. The third-order valence-electron chi connectivity index (χ3n) is 3.39. The van der Waals surface area contributed by atoms with Crippen LogP contribution in [-0.4, -0.2) is 11.7 Å². The normalized spacial score (nSPS) is 11.1. The molecular formula is C19H24N2O2. The Hall–Kier alpha value is -2.49. The molecule has 0 aliphatic rings. The lowest BCUT2D eigenvalue weighted by atomic mass is 9.98. The molecule has 0 aliphatic heterocycles. The second-order valence-corrected chi connectivity index (χ2v) is 6.59. The van der Waals surface area contributed by atoms with E-state index < -0.39 is 11.7 Å². The summed E-state index contributed by atoms with van der Waals surface area (Å²) in [5.74, 6) is 0. The molecule has 0 aromatic heterocycles. The van der Waals surface area contributed by atoms with Crippen LogP contribution in [0.15, 0.2) is 42.5 Å². The van der Waals surface area contributed by atoms with E-state index in [0.717, 1.165) is 16.7 Å². The third kappa shape index (κ3) is 4.74. The molecule has 4 heteroatoms.